The Labute approximate surface area is 161 Å². The summed E-state index contributed by atoms with van der Waals surface area (Å²) in [6.45, 7) is 0. The van der Waals surface area contributed by atoms with Crippen molar-refractivity contribution < 1.29 is 22.8 Å². The molecular formula is C21H21F3N2O2. The highest BCUT2D eigenvalue weighted by atomic mass is 19.4. The Kier molecular flexibility index (Phi) is 6.02. The molecule has 3 rings (SSSR count). The van der Waals surface area contributed by atoms with Crippen LogP contribution in [0.15, 0.2) is 48.5 Å². The van der Waals surface area contributed by atoms with E-state index in [0.29, 0.717) is 5.56 Å². The van der Waals surface area contributed by atoms with E-state index in [-0.39, 0.29) is 23.2 Å². The lowest BCUT2D eigenvalue weighted by atomic mass is 9.95. The summed E-state index contributed by atoms with van der Waals surface area (Å²) in [5, 5.41) is 5.25. The molecule has 2 amide bonds. The minimum atomic E-state index is -4.58. The van der Waals surface area contributed by atoms with Crippen molar-refractivity contribution in [1.82, 2.24) is 5.32 Å². The number of anilines is 1. The summed E-state index contributed by atoms with van der Waals surface area (Å²) < 4.78 is 39.3. The first kappa shape index (κ1) is 19.9. The number of halogens is 3. The number of rotatable bonds is 4. The minimum Gasteiger partial charge on any atom is -0.349 e. The smallest absolute Gasteiger partial charge is 0.349 e. The van der Waals surface area contributed by atoms with Gasteiger partial charge in [-0.25, -0.2) is 0 Å². The molecule has 1 aliphatic carbocycles. The molecule has 0 radical (unpaired) electrons. The normalized spacial score (nSPS) is 15.1. The minimum absolute atomic E-state index is 0.119. The van der Waals surface area contributed by atoms with Crippen molar-refractivity contribution in [3.63, 3.8) is 0 Å². The lowest BCUT2D eigenvalue weighted by molar-refractivity contribution is -0.136. The van der Waals surface area contributed by atoms with E-state index in [9.17, 15) is 22.8 Å². The van der Waals surface area contributed by atoms with Gasteiger partial charge in [0.1, 0.15) is 0 Å². The molecule has 0 unspecified atom stereocenters. The SMILES string of the molecule is O=C(Nc1ccccc1C(F)(F)F)c1cccc(C(=O)NC2CCCCC2)c1. The molecule has 1 fully saturated rings. The van der Waals surface area contributed by atoms with Gasteiger partial charge in [0.25, 0.3) is 11.8 Å². The molecule has 1 saturated carbocycles. The number of benzene rings is 2. The van der Waals surface area contributed by atoms with Crippen LogP contribution in [0.5, 0.6) is 0 Å². The Morgan fingerprint density at radius 2 is 1.50 bits per heavy atom. The third-order valence-electron chi connectivity index (χ3n) is 4.81. The monoisotopic (exact) mass is 390 g/mol. The predicted molar refractivity (Wildman–Crippen MR) is 100 cm³/mol. The Hall–Kier alpha value is -2.83. The van der Waals surface area contributed by atoms with Crippen molar-refractivity contribution in [2.24, 2.45) is 0 Å². The fourth-order valence-corrected chi connectivity index (χ4v) is 3.35. The van der Waals surface area contributed by atoms with E-state index >= 15 is 0 Å². The van der Waals surface area contributed by atoms with Crippen LogP contribution < -0.4 is 10.6 Å². The van der Waals surface area contributed by atoms with Gasteiger partial charge in [-0.3, -0.25) is 9.59 Å². The first-order valence-corrected chi connectivity index (χ1v) is 9.23. The van der Waals surface area contributed by atoms with Gasteiger partial charge in [0.2, 0.25) is 0 Å². The van der Waals surface area contributed by atoms with E-state index in [1.54, 1.807) is 12.1 Å². The number of carbonyl (C=O) groups is 2. The molecule has 28 heavy (non-hydrogen) atoms. The van der Waals surface area contributed by atoms with Crippen LogP contribution in [0.4, 0.5) is 18.9 Å². The second kappa shape index (κ2) is 8.46. The maximum absolute atomic E-state index is 13.1. The molecule has 4 nitrogen and oxygen atoms in total. The third-order valence-corrected chi connectivity index (χ3v) is 4.81. The molecule has 0 spiro atoms. The average Bonchev–Trinajstić information content (AvgIpc) is 2.68. The average molecular weight is 390 g/mol. The number of hydrogen-bond acceptors (Lipinski definition) is 2. The van der Waals surface area contributed by atoms with E-state index in [2.05, 4.69) is 10.6 Å². The van der Waals surface area contributed by atoms with Crippen molar-refractivity contribution in [2.75, 3.05) is 5.32 Å². The quantitative estimate of drug-likeness (QED) is 0.770. The van der Waals surface area contributed by atoms with Gasteiger partial charge in [0.15, 0.2) is 0 Å². The maximum Gasteiger partial charge on any atom is 0.418 e. The van der Waals surface area contributed by atoms with Crippen LogP contribution in [0.2, 0.25) is 0 Å². The summed E-state index contributed by atoms with van der Waals surface area (Å²) in [7, 11) is 0. The van der Waals surface area contributed by atoms with Gasteiger partial charge in [0, 0.05) is 17.2 Å². The van der Waals surface area contributed by atoms with Gasteiger partial charge in [-0.1, -0.05) is 37.5 Å². The van der Waals surface area contributed by atoms with E-state index in [1.807, 2.05) is 0 Å². The van der Waals surface area contributed by atoms with E-state index in [4.69, 9.17) is 0 Å². The molecule has 2 aromatic rings. The zero-order valence-corrected chi connectivity index (χ0v) is 15.2. The molecule has 1 aliphatic rings. The summed E-state index contributed by atoms with van der Waals surface area (Å²) in [5.74, 6) is -0.985. The molecule has 7 heteroatoms. The van der Waals surface area contributed by atoms with Gasteiger partial charge in [-0.05, 0) is 43.2 Å². The van der Waals surface area contributed by atoms with Gasteiger partial charge < -0.3 is 10.6 Å². The summed E-state index contributed by atoms with van der Waals surface area (Å²) >= 11 is 0. The van der Waals surface area contributed by atoms with Gasteiger partial charge >= 0.3 is 6.18 Å². The summed E-state index contributed by atoms with van der Waals surface area (Å²) in [6, 6.07) is 10.9. The molecule has 2 aromatic carbocycles. The lowest BCUT2D eigenvalue weighted by Crippen LogP contribution is -2.36. The zero-order valence-electron chi connectivity index (χ0n) is 15.2. The molecule has 0 saturated heterocycles. The number of nitrogens with one attached hydrogen (secondary N) is 2. The molecule has 2 N–H and O–H groups in total. The van der Waals surface area contributed by atoms with Crippen LogP contribution in [0.3, 0.4) is 0 Å². The molecule has 0 heterocycles. The Balaban J connectivity index is 1.73. The Morgan fingerprint density at radius 1 is 0.857 bits per heavy atom. The van der Waals surface area contributed by atoms with Crippen LogP contribution in [-0.4, -0.2) is 17.9 Å². The topological polar surface area (TPSA) is 58.2 Å². The molecular weight excluding hydrogens is 369 g/mol. The molecule has 0 aromatic heterocycles. The maximum atomic E-state index is 13.1. The molecule has 148 valence electrons. The van der Waals surface area contributed by atoms with E-state index < -0.39 is 17.6 Å². The first-order valence-electron chi connectivity index (χ1n) is 9.23. The first-order chi connectivity index (χ1) is 13.3. The van der Waals surface area contributed by atoms with Gasteiger partial charge in [-0.2, -0.15) is 13.2 Å². The lowest BCUT2D eigenvalue weighted by Gasteiger charge is -2.22. The number of alkyl halides is 3. The fourth-order valence-electron chi connectivity index (χ4n) is 3.35. The van der Waals surface area contributed by atoms with Gasteiger partial charge in [0.05, 0.1) is 11.3 Å². The van der Waals surface area contributed by atoms with Crippen molar-refractivity contribution in [3.8, 4) is 0 Å². The Morgan fingerprint density at radius 3 is 2.18 bits per heavy atom. The summed E-state index contributed by atoms with van der Waals surface area (Å²) in [5.41, 5.74) is -0.817. The second-order valence-corrected chi connectivity index (χ2v) is 6.89. The highest BCUT2D eigenvalue weighted by Crippen LogP contribution is 2.34. The fraction of sp³-hybridized carbons (Fsp3) is 0.333. The van der Waals surface area contributed by atoms with Crippen LogP contribution in [0.25, 0.3) is 0 Å². The largest absolute Gasteiger partial charge is 0.418 e. The van der Waals surface area contributed by atoms with Crippen molar-refractivity contribution >= 4 is 17.5 Å². The zero-order chi connectivity index (χ0) is 20.1. The number of para-hydroxylation sites is 1. The molecule has 0 bridgehead atoms. The highest BCUT2D eigenvalue weighted by molar-refractivity contribution is 6.06. The van der Waals surface area contributed by atoms with Crippen molar-refractivity contribution in [1.29, 1.82) is 0 Å². The predicted octanol–water partition coefficient (Wildman–Crippen LogP) is 5.02. The molecule has 0 atom stereocenters. The van der Waals surface area contributed by atoms with Crippen molar-refractivity contribution in [2.45, 2.75) is 44.3 Å². The standard InChI is InChI=1S/C21H21F3N2O2/c22-21(23,24)17-11-4-5-12-18(17)26-20(28)15-8-6-7-14(13-15)19(27)25-16-9-2-1-3-10-16/h4-8,11-13,16H,1-3,9-10H2,(H,25,27)(H,26,28). The van der Waals surface area contributed by atoms with Crippen LogP contribution in [-0.2, 0) is 6.18 Å². The van der Waals surface area contributed by atoms with E-state index in [0.717, 1.165) is 31.7 Å². The van der Waals surface area contributed by atoms with Crippen molar-refractivity contribution in [3.05, 3.63) is 65.2 Å². The number of amides is 2. The van der Waals surface area contributed by atoms with E-state index in [1.165, 1.54) is 36.8 Å². The highest BCUT2D eigenvalue weighted by Gasteiger charge is 2.33. The van der Waals surface area contributed by atoms with Crippen LogP contribution in [0.1, 0.15) is 58.4 Å². The van der Waals surface area contributed by atoms with Crippen LogP contribution >= 0.6 is 0 Å². The summed E-state index contributed by atoms with van der Waals surface area (Å²) in [4.78, 5) is 24.9. The molecule has 0 aliphatic heterocycles. The Bertz CT molecular complexity index is 859. The third kappa shape index (κ3) is 4.91. The number of carbonyl (C=O) groups excluding carboxylic acids is 2. The van der Waals surface area contributed by atoms with Gasteiger partial charge in [-0.15, -0.1) is 0 Å². The summed E-state index contributed by atoms with van der Waals surface area (Å²) in [6.07, 6.45) is 0.603. The second-order valence-electron chi connectivity index (χ2n) is 6.89. The van der Waals surface area contributed by atoms with Crippen LogP contribution in [0, 0.1) is 0 Å². The number of hydrogen-bond donors (Lipinski definition) is 2.